The molecule has 2 unspecified atom stereocenters. The second kappa shape index (κ2) is 5.52. The van der Waals surface area contributed by atoms with Gasteiger partial charge in [0, 0.05) is 17.7 Å². The molecule has 4 heteroatoms. The second-order valence-corrected chi connectivity index (χ2v) is 6.42. The van der Waals surface area contributed by atoms with Gasteiger partial charge in [-0.05, 0) is 43.2 Å². The molecule has 1 saturated carbocycles. The first-order valence-electron chi connectivity index (χ1n) is 7.36. The third-order valence-corrected chi connectivity index (χ3v) is 4.74. The lowest BCUT2D eigenvalue weighted by atomic mass is 9.56. The van der Waals surface area contributed by atoms with Crippen LogP contribution < -0.4 is 5.32 Å². The summed E-state index contributed by atoms with van der Waals surface area (Å²) in [7, 11) is 0. The Kier molecular flexibility index (Phi) is 4.14. The zero-order valence-corrected chi connectivity index (χ0v) is 12.8. The fraction of sp³-hybridized carbons (Fsp3) is 0.625. The summed E-state index contributed by atoms with van der Waals surface area (Å²) < 4.78 is 0. The standard InChI is InChI=1S/C16H24N2O2/c1-5-8-17-15-10-13(16(15,3)4)12-7-6-11(2)14(9-12)18(19)20/h6-7,9,13,15,17H,5,8,10H2,1-4H3. The Balaban J connectivity index is 2.18. The van der Waals surface area contributed by atoms with Gasteiger partial charge in [0.25, 0.3) is 5.69 Å². The van der Waals surface area contributed by atoms with Gasteiger partial charge < -0.3 is 5.32 Å². The number of nitrogens with zero attached hydrogens (tertiary/aromatic N) is 1. The molecule has 20 heavy (non-hydrogen) atoms. The molecule has 0 aromatic heterocycles. The van der Waals surface area contributed by atoms with E-state index in [1.165, 1.54) is 0 Å². The highest BCUT2D eigenvalue weighted by Crippen LogP contribution is 2.52. The summed E-state index contributed by atoms with van der Waals surface area (Å²) in [5.41, 5.74) is 2.22. The van der Waals surface area contributed by atoms with E-state index in [0.29, 0.717) is 12.0 Å². The maximum Gasteiger partial charge on any atom is 0.272 e. The number of hydrogen-bond donors (Lipinski definition) is 1. The van der Waals surface area contributed by atoms with Crippen molar-refractivity contribution in [3.05, 3.63) is 39.4 Å². The van der Waals surface area contributed by atoms with Crippen LogP contribution in [0.1, 0.15) is 50.7 Å². The summed E-state index contributed by atoms with van der Waals surface area (Å²) in [6.45, 7) is 9.49. The molecule has 2 atom stereocenters. The highest BCUT2D eigenvalue weighted by atomic mass is 16.6. The van der Waals surface area contributed by atoms with Crippen molar-refractivity contribution in [2.45, 2.75) is 52.5 Å². The van der Waals surface area contributed by atoms with Gasteiger partial charge in [0.1, 0.15) is 0 Å². The lowest BCUT2D eigenvalue weighted by Crippen LogP contribution is -2.55. The number of aryl methyl sites for hydroxylation is 1. The summed E-state index contributed by atoms with van der Waals surface area (Å²) in [5, 5.41) is 14.6. The average molecular weight is 276 g/mol. The fourth-order valence-electron chi connectivity index (χ4n) is 3.20. The van der Waals surface area contributed by atoms with Crippen molar-refractivity contribution >= 4 is 5.69 Å². The van der Waals surface area contributed by atoms with E-state index in [1.807, 2.05) is 12.1 Å². The average Bonchev–Trinajstić information content (AvgIpc) is 2.39. The van der Waals surface area contributed by atoms with Crippen LogP contribution >= 0.6 is 0 Å². The number of nitrogens with one attached hydrogen (secondary N) is 1. The molecule has 1 aliphatic carbocycles. The summed E-state index contributed by atoms with van der Waals surface area (Å²) in [5.74, 6) is 0.399. The maximum atomic E-state index is 11.1. The first kappa shape index (κ1) is 15.0. The van der Waals surface area contributed by atoms with Crippen molar-refractivity contribution in [1.82, 2.24) is 5.32 Å². The smallest absolute Gasteiger partial charge is 0.272 e. The van der Waals surface area contributed by atoms with Crippen LogP contribution in [0.4, 0.5) is 5.69 Å². The lowest BCUT2D eigenvalue weighted by molar-refractivity contribution is -0.385. The van der Waals surface area contributed by atoms with Crippen molar-refractivity contribution in [3.63, 3.8) is 0 Å². The number of nitro groups is 1. The van der Waals surface area contributed by atoms with Gasteiger partial charge in [-0.25, -0.2) is 0 Å². The second-order valence-electron chi connectivity index (χ2n) is 6.42. The summed E-state index contributed by atoms with van der Waals surface area (Å²) in [6.07, 6.45) is 2.19. The third kappa shape index (κ3) is 2.57. The van der Waals surface area contributed by atoms with Gasteiger partial charge in [0.2, 0.25) is 0 Å². The van der Waals surface area contributed by atoms with Crippen molar-refractivity contribution in [3.8, 4) is 0 Å². The summed E-state index contributed by atoms with van der Waals surface area (Å²) in [4.78, 5) is 10.8. The molecule has 0 bridgehead atoms. The first-order valence-corrected chi connectivity index (χ1v) is 7.36. The van der Waals surface area contributed by atoms with E-state index in [2.05, 4.69) is 26.1 Å². The van der Waals surface area contributed by atoms with E-state index in [9.17, 15) is 10.1 Å². The number of nitro benzene ring substituents is 1. The Bertz CT molecular complexity index is 511. The van der Waals surface area contributed by atoms with Crippen molar-refractivity contribution in [2.75, 3.05) is 6.54 Å². The van der Waals surface area contributed by atoms with Crippen LogP contribution in [0.5, 0.6) is 0 Å². The molecule has 1 N–H and O–H groups in total. The van der Waals surface area contributed by atoms with Gasteiger partial charge in [0.05, 0.1) is 4.92 Å². The molecular formula is C16H24N2O2. The molecule has 1 fully saturated rings. The molecule has 1 aromatic rings. The van der Waals surface area contributed by atoms with Crippen LogP contribution in [0.15, 0.2) is 18.2 Å². The summed E-state index contributed by atoms with van der Waals surface area (Å²) >= 11 is 0. The predicted octanol–water partition coefficient (Wildman–Crippen LogP) is 3.78. The van der Waals surface area contributed by atoms with Gasteiger partial charge in [0.15, 0.2) is 0 Å². The molecule has 1 aromatic carbocycles. The highest BCUT2D eigenvalue weighted by Gasteiger charge is 2.48. The third-order valence-electron chi connectivity index (χ3n) is 4.74. The van der Waals surface area contributed by atoms with Gasteiger partial charge >= 0.3 is 0 Å². The Hall–Kier alpha value is -1.42. The zero-order valence-electron chi connectivity index (χ0n) is 12.8. The fourth-order valence-corrected chi connectivity index (χ4v) is 3.20. The SMILES string of the molecule is CCCNC1CC(c2ccc(C)c([N+](=O)[O-])c2)C1(C)C. The van der Waals surface area contributed by atoms with Crippen molar-refractivity contribution in [1.29, 1.82) is 0 Å². The van der Waals surface area contributed by atoms with Gasteiger partial charge in [-0.2, -0.15) is 0 Å². The van der Waals surface area contributed by atoms with E-state index in [-0.39, 0.29) is 16.0 Å². The molecule has 4 nitrogen and oxygen atoms in total. The van der Waals surface area contributed by atoms with E-state index in [1.54, 1.807) is 13.0 Å². The summed E-state index contributed by atoms with van der Waals surface area (Å²) in [6, 6.07) is 6.19. The van der Waals surface area contributed by atoms with E-state index >= 15 is 0 Å². The minimum Gasteiger partial charge on any atom is -0.313 e. The van der Waals surface area contributed by atoms with Gasteiger partial charge in [-0.3, -0.25) is 10.1 Å². The molecule has 0 heterocycles. The minimum atomic E-state index is -0.280. The maximum absolute atomic E-state index is 11.1. The zero-order chi connectivity index (χ0) is 14.9. The quantitative estimate of drug-likeness (QED) is 0.657. The Morgan fingerprint density at radius 2 is 2.15 bits per heavy atom. The molecule has 0 spiro atoms. The van der Waals surface area contributed by atoms with E-state index in [0.717, 1.165) is 30.5 Å². The monoisotopic (exact) mass is 276 g/mol. The van der Waals surface area contributed by atoms with Crippen LogP contribution in [0.2, 0.25) is 0 Å². The van der Waals surface area contributed by atoms with Gasteiger partial charge in [-0.1, -0.05) is 32.9 Å². The molecule has 2 rings (SSSR count). The molecule has 0 saturated heterocycles. The number of benzene rings is 1. The lowest BCUT2D eigenvalue weighted by Gasteiger charge is -2.53. The number of rotatable bonds is 5. The normalized spacial score (nSPS) is 24.2. The molecule has 0 aliphatic heterocycles. The van der Waals surface area contributed by atoms with Crippen molar-refractivity contribution in [2.24, 2.45) is 5.41 Å². The molecule has 1 aliphatic rings. The topological polar surface area (TPSA) is 55.2 Å². The van der Waals surface area contributed by atoms with Crippen molar-refractivity contribution < 1.29 is 4.92 Å². The van der Waals surface area contributed by atoms with Crippen LogP contribution in [-0.2, 0) is 0 Å². The Morgan fingerprint density at radius 3 is 2.70 bits per heavy atom. The predicted molar refractivity (Wildman–Crippen MR) is 81.1 cm³/mol. The largest absolute Gasteiger partial charge is 0.313 e. The van der Waals surface area contributed by atoms with Crippen LogP contribution in [-0.4, -0.2) is 17.5 Å². The molecule has 110 valence electrons. The highest BCUT2D eigenvalue weighted by molar-refractivity contribution is 5.45. The van der Waals surface area contributed by atoms with Crippen LogP contribution in [0.3, 0.4) is 0 Å². The molecule has 0 radical (unpaired) electrons. The van der Waals surface area contributed by atoms with E-state index in [4.69, 9.17) is 0 Å². The number of hydrogen-bond acceptors (Lipinski definition) is 3. The van der Waals surface area contributed by atoms with Crippen LogP contribution in [0, 0.1) is 22.5 Å². The first-order chi connectivity index (χ1) is 9.37. The van der Waals surface area contributed by atoms with E-state index < -0.39 is 0 Å². The Morgan fingerprint density at radius 1 is 1.45 bits per heavy atom. The minimum absolute atomic E-state index is 0.151. The molecule has 0 amide bonds. The van der Waals surface area contributed by atoms with Crippen LogP contribution in [0.25, 0.3) is 0 Å². The molecular weight excluding hydrogens is 252 g/mol. The van der Waals surface area contributed by atoms with Gasteiger partial charge in [-0.15, -0.1) is 0 Å². The Labute approximate surface area is 120 Å².